The first-order valence-corrected chi connectivity index (χ1v) is 6.49. The van der Waals surface area contributed by atoms with E-state index in [0.717, 1.165) is 4.47 Å². The highest BCUT2D eigenvalue weighted by atomic mass is 79.9. The van der Waals surface area contributed by atoms with Gasteiger partial charge in [-0.2, -0.15) is 0 Å². The summed E-state index contributed by atoms with van der Waals surface area (Å²) in [5.41, 5.74) is 2.45. The van der Waals surface area contributed by atoms with E-state index in [1.165, 1.54) is 11.1 Å². The van der Waals surface area contributed by atoms with E-state index in [9.17, 15) is 0 Å². The van der Waals surface area contributed by atoms with Crippen LogP contribution in [0.15, 0.2) is 51.7 Å². The smallest absolute Gasteiger partial charge is 0.0950 e. The van der Waals surface area contributed by atoms with Crippen molar-refractivity contribution < 1.29 is 4.42 Å². The van der Waals surface area contributed by atoms with E-state index < -0.39 is 0 Å². The Morgan fingerprint density at radius 2 is 1.88 bits per heavy atom. The molecule has 0 fully saturated rings. The summed E-state index contributed by atoms with van der Waals surface area (Å²) in [4.78, 5) is 0. The molecular weight excluding hydrogens is 278 g/mol. The molecule has 2 aromatic rings. The molecule has 0 amide bonds. The Morgan fingerprint density at radius 1 is 1.12 bits per heavy atom. The first-order valence-electron chi connectivity index (χ1n) is 5.70. The van der Waals surface area contributed by atoms with Gasteiger partial charge in [-0.15, -0.1) is 0 Å². The fraction of sp³-hybridized carbons (Fsp3) is 0.286. The third-order valence-electron chi connectivity index (χ3n) is 2.89. The Hall–Kier alpha value is -1.06. The summed E-state index contributed by atoms with van der Waals surface area (Å²) >= 11 is 3.49. The molecule has 1 unspecified atom stereocenters. The van der Waals surface area contributed by atoms with Crippen LogP contribution in [0.1, 0.15) is 37.1 Å². The number of halogens is 1. The van der Waals surface area contributed by atoms with Gasteiger partial charge in [0.15, 0.2) is 0 Å². The number of hydrogen-bond donors (Lipinski definition) is 1. The Bertz CT molecular complexity index is 467. The zero-order chi connectivity index (χ0) is 12.3. The van der Waals surface area contributed by atoms with Gasteiger partial charge in [0.05, 0.1) is 12.5 Å². The van der Waals surface area contributed by atoms with E-state index >= 15 is 0 Å². The van der Waals surface area contributed by atoms with Crippen LogP contribution in [0, 0.1) is 0 Å². The zero-order valence-electron chi connectivity index (χ0n) is 9.98. The maximum Gasteiger partial charge on any atom is 0.0950 e. The van der Waals surface area contributed by atoms with E-state index in [1.807, 2.05) is 12.1 Å². The van der Waals surface area contributed by atoms with Crippen LogP contribution in [0.25, 0.3) is 0 Å². The van der Waals surface area contributed by atoms with Crippen LogP contribution < -0.4 is 5.32 Å². The highest BCUT2D eigenvalue weighted by Crippen LogP contribution is 2.21. The summed E-state index contributed by atoms with van der Waals surface area (Å²) in [5, 5.41) is 3.54. The van der Waals surface area contributed by atoms with Crippen molar-refractivity contribution in [3.8, 4) is 0 Å². The second-order valence-electron chi connectivity index (χ2n) is 4.22. The number of benzene rings is 1. The molecule has 90 valence electrons. The van der Waals surface area contributed by atoms with Gasteiger partial charge in [0.2, 0.25) is 0 Å². The fourth-order valence-electron chi connectivity index (χ4n) is 1.86. The quantitative estimate of drug-likeness (QED) is 0.901. The highest BCUT2D eigenvalue weighted by Gasteiger charge is 2.11. The molecule has 0 radical (unpaired) electrons. The molecule has 0 spiro atoms. The van der Waals surface area contributed by atoms with Crippen LogP contribution in [-0.2, 0) is 0 Å². The van der Waals surface area contributed by atoms with Gasteiger partial charge in [-0.3, -0.25) is 0 Å². The molecule has 0 saturated heterocycles. The minimum atomic E-state index is 0.280. The largest absolute Gasteiger partial charge is 0.472 e. The Kier molecular flexibility index (Phi) is 4.02. The Labute approximate surface area is 110 Å². The third kappa shape index (κ3) is 3.20. The molecule has 2 rings (SSSR count). The molecule has 0 aliphatic rings. The maximum absolute atomic E-state index is 5.09. The summed E-state index contributed by atoms with van der Waals surface area (Å²) in [6, 6.07) is 10.9. The zero-order valence-corrected chi connectivity index (χ0v) is 11.6. The van der Waals surface area contributed by atoms with Gasteiger partial charge in [-0.05, 0) is 37.6 Å². The molecule has 0 bridgehead atoms. The van der Waals surface area contributed by atoms with Crippen LogP contribution in [0.2, 0.25) is 0 Å². The Balaban J connectivity index is 2.04. The molecular formula is C14H16BrNO. The van der Waals surface area contributed by atoms with Crippen molar-refractivity contribution in [2.75, 3.05) is 0 Å². The summed E-state index contributed by atoms with van der Waals surface area (Å²) in [6.07, 6.45) is 3.49. The first kappa shape index (κ1) is 12.4. The van der Waals surface area contributed by atoms with Crippen molar-refractivity contribution in [2.24, 2.45) is 0 Å². The number of furan rings is 1. The Morgan fingerprint density at radius 3 is 2.53 bits per heavy atom. The van der Waals surface area contributed by atoms with Gasteiger partial charge in [0, 0.05) is 22.1 Å². The predicted molar refractivity (Wildman–Crippen MR) is 72.8 cm³/mol. The molecule has 17 heavy (non-hydrogen) atoms. The molecule has 0 aliphatic heterocycles. The van der Waals surface area contributed by atoms with Crippen molar-refractivity contribution in [1.29, 1.82) is 0 Å². The molecule has 0 saturated carbocycles. The predicted octanol–water partition coefficient (Wildman–Crippen LogP) is 4.45. The minimum absolute atomic E-state index is 0.280. The van der Waals surface area contributed by atoms with E-state index in [-0.39, 0.29) is 6.04 Å². The monoisotopic (exact) mass is 293 g/mol. The van der Waals surface area contributed by atoms with Gasteiger partial charge in [-0.25, -0.2) is 0 Å². The average molecular weight is 294 g/mol. The van der Waals surface area contributed by atoms with Crippen molar-refractivity contribution in [3.63, 3.8) is 0 Å². The summed E-state index contributed by atoms with van der Waals surface area (Å²) in [7, 11) is 0. The average Bonchev–Trinajstić information content (AvgIpc) is 2.82. The maximum atomic E-state index is 5.09. The van der Waals surface area contributed by atoms with E-state index in [0.29, 0.717) is 6.04 Å². The molecule has 1 aromatic carbocycles. The second kappa shape index (κ2) is 5.52. The van der Waals surface area contributed by atoms with Crippen molar-refractivity contribution in [1.82, 2.24) is 5.32 Å². The van der Waals surface area contributed by atoms with Crippen molar-refractivity contribution in [3.05, 3.63) is 58.5 Å². The summed E-state index contributed by atoms with van der Waals surface area (Å²) in [5.74, 6) is 0. The van der Waals surface area contributed by atoms with Gasteiger partial charge in [0.25, 0.3) is 0 Å². The molecule has 1 aromatic heterocycles. The van der Waals surface area contributed by atoms with E-state index in [2.05, 4.69) is 53.3 Å². The SMILES string of the molecule is CC(N[C@@H](C)c1cccc(Br)c1)c1ccoc1. The van der Waals surface area contributed by atoms with Gasteiger partial charge in [0.1, 0.15) is 0 Å². The number of hydrogen-bond acceptors (Lipinski definition) is 2. The van der Waals surface area contributed by atoms with Crippen LogP contribution in [0.5, 0.6) is 0 Å². The normalized spacial score (nSPS) is 14.5. The topological polar surface area (TPSA) is 25.2 Å². The lowest BCUT2D eigenvalue weighted by Gasteiger charge is -2.19. The number of nitrogens with one attached hydrogen (secondary N) is 1. The van der Waals surface area contributed by atoms with Crippen LogP contribution in [0.3, 0.4) is 0 Å². The van der Waals surface area contributed by atoms with Crippen LogP contribution >= 0.6 is 15.9 Å². The van der Waals surface area contributed by atoms with Crippen molar-refractivity contribution in [2.45, 2.75) is 25.9 Å². The van der Waals surface area contributed by atoms with Gasteiger partial charge >= 0.3 is 0 Å². The fourth-order valence-corrected chi connectivity index (χ4v) is 2.28. The minimum Gasteiger partial charge on any atom is -0.472 e. The first-order chi connectivity index (χ1) is 8.16. The molecule has 2 nitrogen and oxygen atoms in total. The number of rotatable bonds is 4. The summed E-state index contributed by atoms with van der Waals surface area (Å²) < 4.78 is 6.21. The molecule has 1 heterocycles. The van der Waals surface area contributed by atoms with Crippen LogP contribution in [-0.4, -0.2) is 0 Å². The lowest BCUT2D eigenvalue weighted by Crippen LogP contribution is -2.22. The molecule has 3 heteroatoms. The van der Waals surface area contributed by atoms with Gasteiger partial charge in [-0.1, -0.05) is 28.1 Å². The summed E-state index contributed by atoms with van der Waals surface area (Å²) in [6.45, 7) is 4.30. The highest BCUT2D eigenvalue weighted by molar-refractivity contribution is 9.10. The van der Waals surface area contributed by atoms with E-state index in [4.69, 9.17) is 4.42 Å². The molecule has 2 atom stereocenters. The standard InChI is InChI=1S/C14H16BrNO/c1-10(12-4-3-5-14(15)8-12)16-11(2)13-6-7-17-9-13/h3-11,16H,1-2H3/t10-,11?/m0/s1. The lowest BCUT2D eigenvalue weighted by molar-refractivity contribution is 0.486. The van der Waals surface area contributed by atoms with Crippen LogP contribution in [0.4, 0.5) is 0 Å². The van der Waals surface area contributed by atoms with Crippen molar-refractivity contribution >= 4 is 15.9 Å². The molecule has 0 aliphatic carbocycles. The second-order valence-corrected chi connectivity index (χ2v) is 5.14. The third-order valence-corrected chi connectivity index (χ3v) is 3.39. The lowest BCUT2D eigenvalue weighted by atomic mass is 10.1. The molecule has 1 N–H and O–H groups in total. The van der Waals surface area contributed by atoms with Gasteiger partial charge < -0.3 is 9.73 Å². The van der Waals surface area contributed by atoms with E-state index in [1.54, 1.807) is 12.5 Å².